The van der Waals surface area contributed by atoms with Gasteiger partial charge in [-0.2, -0.15) is 0 Å². The Labute approximate surface area is 76.4 Å². The van der Waals surface area contributed by atoms with Gasteiger partial charge in [0.15, 0.2) is 5.12 Å². The molecule has 0 saturated carbocycles. The molecular formula is C9H9NOS. The van der Waals surface area contributed by atoms with Crippen LogP contribution in [-0.4, -0.2) is 10.1 Å². The molecule has 0 aliphatic heterocycles. The molecule has 0 fully saturated rings. The molecule has 1 heterocycles. The van der Waals surface area contributed by atoms with E-state index in [2.05, 4.69) is 4.98 Å². The molecule has 1 atom stereocenters. The number of rotatable bonds is 2. The number of pyridine rings is 1. The first kappa shape index (κ1) is 9.26. The predicted octanol–water partition coefficient (Wildman–Crippen LogP) is 2.11. The van der Waals surface area contributed by atoms with Crippen molar-refractivity contribution in [3.05, 3.63) is 37.0 Å². The lowest BCUT2D eigenvalue weighted by Crippen LogP contribution is -1.92. The van der Waals surface area contributed by atoms with Gasteiger partial charge in [-0.05, 0) is 18.6 Å². The number of hydrogen-bond acceptors (Lipinski definition) is 3. The zero-order valence-corrected chi connectivity index (χ0v) is 7.54. The number of thioether (sulfide) groups is 1. The topological polar surface area (TPSA) is 30.0 Å². The van der Waals surface area contributed by atoms with Crippen molar-refractivity contribution >= 4 is 16.9 Å². The second-order valence-corrected chi connectivity index (χ2v) is 3.63. The molecule has 2 radical (unpaired) electrons. The molecule has 0 aromatic carbocycles. The Hall–Kier alpha value is -0.830. The normalized spacial score (nSPS) is 12.5. The molecule has 0 amide bonds. The lowest BCUT2D eigenvalue weighted by atomic mass is 10.2. The first-order chi connectivity index (χ1) is 5.70. The van der Waals surface area contributed by atoms with Crippen molar-refractivity contribution in [3.8, 4) is 0 Å². The lowest BCUT2D eigenvalue weighted by molar-refractivity contribution is -0.109. The van der Waals surface area contributed by atoms with Crippen LogP contribution in [0.2, 0.25) is 0 Å². The van der Waals surface area contributed by atoms with Crippen molar-refractivity contribution in [1.29, 1.82) is 0 Å². The van der Waals surface area contributed by atoms with Crippen LogP contribution in [0.1, 0.15) is 17.7 Å². The average Bonchev–Trinajstić information content (AvgIpc) is 2.05. The third kappa shape index (κ3) is 2.66. The van der Waals surface area contributed by atoms with Crippen LogP contribution in [0.25, 0.3) is 0 Å². The van der Waals surface area contributed by atoms with E-state index in [0.717, 1.165) is 17.3 Å². The SMILES string of the molecule is [CH]C(SC(C)=O)c1cccnc1. The van der Waals surface area contributed by atoms with Gasteiger partial charge in [-0.3, -0.25) is 9.78 Å². The summed E-state index contributed by atoms with van der Waals surface area (Å²) in [5, 5.41) is -0.275. The first-order valence-electron chi connectivity index (χ1n) is 3.53. The highest BCUT2D eigenvalue weighted by atomic mass is 32.2. The van der Waals surface area contributed by atoms with E-state index in [1.54, 1.807) is 18.5 Å². The van der Waals surface area contributed by atoms with Crippen LogP contribution < -0.4 is 0 Å². The molecule has 1 aromatic heterocycles. The van der Waals surface area contributed by atoms with Crippen LogP contribution in [0.4, 0.5) is 0 Å². The van der Waals surface area contributed by atoms with Crippen LogP contribution in [0.3, 0.4) is 0 Å². The lowest BCUT2D eigenvalue weighted by Gasteiger charge is -2.06. The quantitative estimate of drug-likeness (QED) is 0.696. The summed E-state index contributed by atoms with van der Waals surface area (Å²) in [4.78, 5) is 14.6. The minimum absolute atomic E-state index is 0.0198. The third-order valence-corrected chi connectivity index (χ3v) is 2.16. The molecule has 12 heavy (non-hydrogen) atoms. The Bertz CT molecular complexity index is 260. The van der Waals surface area contributed by atoms with Gasteiger partial charge in [-0.1, -0.05) is 17.8 Å². The molecule has 62 valence electrons. The van der Waals surface area contributed by atoms with E-state index in [-0.39, 0.29) is 10.4 Å². The summed E-state index contributed by atoms with van der Waals surface area (Å²) in [6.45, 7) is 7.20. The van der Waals surface area contributed by atoms with E-state index in [0.29, 0.717) is 0 Å². The van der Waals surface area contributed by atoms with E-state index in [1.807, 2.05) is 6.07 Å². The number of carbonyl (C=O) groups is 1. The maximum atomic E-state index is 10.7. The highest BCUT2D eigenvalue weighted by molar-refractivity contribution is 8.13. The van der Waals surface area contributed by atoms with Gasteiger partial charge in [-0.15, -0.1) is 0 Å². The van der Waals surface area contributed by atoms with Crippen molar-refractivity contribution in [1.82, 2.24) is 4.98 Å². The van der Waals surface area contributed by atoms with E-state index in [9.17, 15) is 4.79 Å². The fourth-order valence-electron chi connectivity index (χ4n) is 0.791. The van der Waals surface area contributed by atoms with Crippen molar-refractivity contribution in [2.75, 3.05) is 0 Å². The van der Waals surface area contributed by atoms with Crippen LogP contribution in [0.5, 0.6) is 0 Å². The fraction of sp³-hybridized carbons (Fsp3) is 0.222. The van der Waals surface area contributed by atoms with Gasteiger partial charge in [0.05, 0.1) is 0 Å². The van der Waals surface area contributed by atoms with E-state index in [4.69, 9.17) is 6.92 Å². The zero-order valence-electron chi connectivity index (χ0n) is 6.73. The summed E-state index contributed by atoms with van der Waals surface area (Å²) in [6, 6.07) is 3.66. The van der Waals surface area contributed by atoms with E-state index >= 15 is 0 Å². The Kier molecular flexibility index (Phi) is 3.29. The van der Waals surface area contributed by atoms with Crippen molar-refractivity contribution in [3.63, 3.8) is 0 Å². The number of aromatic nitrogens is 1. The van der Waals surface area contributed by atoms with Crippen LogP contribution in [0.15, 0.2) is 24.5 Å². The molecule has 3 heteroatoms. The minimum Gasteiger partial charge on any atom is -0.288 e. The van der Waals surface area contributed by atoms with Gasteiger partial charge in [0.25, 0.3) is 0 Å². The molecular weight excluding hydrogens is 170 g/mol. The standard InChI is InChI=1S/C9H9NOS/c1-7(12-8(2)11)9-4-3-5-10-6-9/h1,3-7H,2H3. The average molecular weight is 179 g/mol. The largest absolute Gasteiger partial charge is 0.288 e. The molecule has 0 bridgehead atoms. The van der Waals surface area contributed by atoms with Gasteiger partial charge in [0.1, 0.15) is 0 Å². The molecule has 0 aliphatic carbocycles. The van der Waals surface area contributed by atoms with Crippen LogP contribution in [0, 0.1) is 6.92 Å². The third-order valence-electron chi connectivity index (χ3n) is 1.31. The van der Waals surface area contributed by atoms with Crippen molar-refractivity contribution in [2.45, 2.75) is 12.2 Å². The Morgan fingerprint density at radius 2 is 2.50 bits per heavy atom. The molecule has 0 saturated heterocycles. The Morgan fingerprint density at radius 1 is 1.75 bits per heavy atom. The van der Waals surface area contributed by atoms with Gasteiger partial charge in [-0.25, -0.2) is 0 Å². The van der Waals surface area contributed by atoms with Gasteiger partial charge in [0.2, 0.25) is 0 Å². The van der Waals surface area contributed by atoms with Crippen LogP contribution in [-0.2, 0) is 4.79 Å². The van der Waals surface area contributed by atoms with Crippen LogP contribution >= 0.6 is 11.8 Å². The smallest absolute Gasteiger partial charge is 0.186 e. The highest BCUT2D eigenvalue weighted by Crippen LogP contribution is 2.26. The van der Waals surface area contributed by atoms with Gasteiger partial charge >= 0.3 is 0 Å². The molecule has 0 spiro atoms. The van der Waals surface area contributed by atoms with Crippen molar-refractivity contribution < 1.29 is 4.79 Å². The summed E-state index contributed by atoms with van der Waals surface area (Å²) >= 11 is 1.11. The summed E-state index contributed by atoms with van der Waals surface area (Å²) in [5.41, 5.74) is 0.873. The second-order valence-electron chi connectivity index (χ2n) is 2.32. The molecule has 2 nitrogen and oxygen atoms in total. The van der Waals surface area contributed by atoms with E-state index < -0.39 is 0 Å². The zero-order chi connectivity index (χ0) is 8.97. The summed E-state index contributed by atoms with van der Waals surface area (Å²) in [5.74, 6) is 0. The minimum atomic E-state index is -0.295. The summed E-state index contributed by atoms with van der Waals surface area (Å²) < 4.78 is 0. The first-order valence-corrected chi connectivity index (χ1v) is 4.41. The van der Waals surface area contributed by atoms with Gasteiger partial charge in [0, 0.05) is 24.6 Å². The summed E-state index contributed by atoms with van der Waals surface area (Å²) in [7, 11) is 0. The Morgan fingerprint density at radius 3 is 3.00 bits per heavy atom. The fourth-order valence-corrected chi connectivity index (χ4v) is 1.42. The molecule has 1 aromatic rings. The monoisotopic (exact) mass is 179 g/mol. The number of carbonyl (C=O) groups excluding carboxylic acids is 1. The van der Waals surface area contributed by atoms with Crippen molar-refractivity contribution in [2.24, 2.45) is 0 Å². The van der Waals surface area contributed by atoms with Gasteiger partial charge < -0.3 is 0 Å². The molecule has 1 unspecified atom stereocenters. The summed E-state index contributed by atoms with van der Waals surface area (Å²) in [6.07, 6.45) is 3.34. The molecule has 0 aliphatic rings. The second kappa shape index (κ2) is 4.26. The molecule has 0 N–H and O–H groups in total. The Balaban J connectivity index is 2.65. The maximum Gasteiger partial charge on any atom is 0.186 e. The number of nitrogens with zero attached hydrogens (tertiary/aromatic N) is 1. The van der Waals surface area contributed by atoms with E-state index in [1.165, 1.54) is 6.92 Å². The number of hydrogen-bond donors (Lipinski definition) is 0. The predicted molar refractivity (Wildman–Crippen MR) is 49.6 cm³/mol. The maximum absolute atomic E-state index is 10.7. The molecule has 1 rings (SSSR count). The highest BCUT2D eigenvalue weighted by Gasteiger charge is 2.07.